The van der Waals surface area contributed by atoms with Crippen molar-refractivity contribution in [2.24, 2.45) is 17.6 Å². The Labute approximate surface area is 170 Å². The first kappa shape index (κ1) is 22.8. The van der Waals surface area contributed by atoms with Crippen LogP contribution in [-0.2, 0) is 9.59 Å². The van der Waals surface area contributed by atoms with Crippen LogP contribution in [0.15, 0.2) is 24.3 Å². The second-order valence-electron chi connectivity index (χ2n) is 6.86. The van der Waals surface area contributed by atoms with Crippen LogP contribution in [0.3, 0.4) is 0 Å². The van der Waals surface area contributed by atoms with E-state index in [1.807, 2.05) is 5.32 Å². The van der Waals surface area contributed by atoms with Gasteiger partial charge in [0, 0.05) is 17.0 Å². The standard InChI is InChI=1S/C20H19F2N3O5/c1-20(29,19(21)22)15(18(28)25-30)24-17(27)12-8-6-11(7-9-12)4-2-3-5-13-10-14(13)16(23)26/h6-9,13-15,19,29-30H,10H2,1H3,(H2,23,26)(H,24,27)(H,25,28)/t13?,14?,15-,20+/m1/s1. The Morgan fingerprint density at radius 1 is 1.23 bits per heavy atom. The summed E-state index contributed by atoms with van der Waals surface area (Å²) in [6.07, 6.45) is -2.74. The van der Waals surface area contributed by atoms with Gasteiger partial charge in [0.1, 0.15) is 6.04 Å². The largest absolute Gasteiger partial charge is 0.381 e. The molecule has 0 heterocycles. The highest BCUT2D eigenvalue weighted by Gasteiger charge is 2.46. The molecule has 1 aromatic rings. The van der Waals surface area contributed by atoms with Gasteiger partial charge in [0.25, 0.3) is 18.2 Å². The van der Waals surface area contributed by atoms with E-state index in [4.69, 9.17) is 10.9 Å². The molecule has 2 unspecified atom stereocenters. The number of hydrogen-bond acceptors (Lipinski definition) is 5. The van der Waals surface area contributed by atoms with Gasteiger partial charge in [-0.3, -0.25) is 19.6 Å². The molecule has 0 aromatic heterocycles. The van der Waals surface area contributed by atoms with E-state index in [2.05, 4.69) is 23.7 Å². The first-order chi connectivity index (χ1) is 14.1. The Bertz CT molecular complexity index is 955. The van der Waals surface area contributed by atoms with E-state index in [0.29, 0.717) is 18.9 Å². The summed E-state index contributed by atoms with van der Waals surface area (Å²) >= 11 is 0. The van der Waals surface area contributed by atoms with Gasteiger partial charge in [0.05, 0.1) is 5.92 Å². The van der Waals surface area contributed by atoms with Crippen LogP contribution in [0.5, 0.6) is 0 Å². The number of alkyl halides is 2. The van der Waals surface area contributed by atoms with Gasteiger partial charge in [-0.1, -0.05) is 11.8 Å². The topological polar surface area (TPSA) is 142 Å². The van der Waals surface area contributed by atoms with Gasteiger partial charge in [-0.2, -0.15) is 0 Å². The lowest BCUT2D eigenvalue weighted by Gasteiger charge is -2.30. The van der Waals surface area contributed by atoms with Gasteiger partial charge in [-0.15, -0.1) is 0 Å². The number of hydrogen-bond donors (Lipinski definition) is 5. The lowest BCUT2D eigenvalue weighted by molar-refractivity contribution is -0.149. The molecule has 0 saturated heterocycles. The van der Waals surface area contributed by atoms with Crippen LogP contribution in [0.4, 0.5) is 8.78 Å². The molecule has 6 N–H and O–H groups in total. The number of aliphatic hydroxyl groups is 1. The average molecular weight is 419 g/mol. The predicted molar refractivity (Wildman–Crippen MR) is 99.7 cm³/mol. The molecule has 158 valence electrons. The SMILES string of the molecule is C[C@@](O)(C(F)F)[C@H](NC(=O)c1ccc(C#CC#CC2CC2C(N)=O)cc1)C(=O)NO. The van der Waals surface area contributed by atoms with Crippen LogP contribution in [0, 0.1) is 35.5 Å². The van der Waals surface area contributed by atoms with Crippen molar-refractivity contribution in [2.75, 3.05) is 0 Å². The van der Waals surface area contributed by atoms with Gasteiger partial charge in [-0.25, -0.2) is 14.3 Å². The summed E-state index contributed by atoms with van der Waals surface area (Å²) in [5.74, 6) is 7.79. The number of nitrogens with one attached hydrogen (secondary N) is 2. The smallest absolute Gasteiger partial charge is 0.269 e. The molecule has 0 bridgehead atoms. The highest BCUT2D eigenvalue weighted by molar-refractivity contribution is 5.97. The minimum absolute atomic E-state index is 0.00900. The third-order valence-corrected chi connectivity index (χ3v) is 4.50. The van der Waals surface area contributed by atoms with Crippen LogP contribution >= 0.6 is 0 Å². The van der Waals surface area contributed by atoms with E-state index >= 15 is 0 Å². The zero-order valence-electron chi connectivity index (χ0n) is 15.8. The molecular formula is C20H19F2N3O5. The fourth-order valence-corrected chi connectivity index (χ4v) is 2.49. The number of amides is 3. The second kappa shape index (κ2) is 9.35. The fourth-order valence-electron chi connectivity index (χ4n) is 2.49. The molecule has 0 spiro atoms. The molecule has 2 rings (SSSR count). The van der Waals surface area contributed by atoms with E-state index in [1.165, 1.54) is 24.3 Å². The third-order valence-electron chi connectivity index (χ3n) is 4.50. The highest BCUT2D eigenvalue weighted by atomic mass is 19.3. The molecule has 0 radical (unpaired) electrons. The molecule has 10 heteroatoms. The van der Waals surface area contributed by atoms with Crippen LogP contribution in [0.2, 0.25) is 0 Å². The Balaban J connectivity index is 2.04. The van der Waals surface area contributed by atoms with Crippen LogP contribution in [0.25, 0.3) is 0 Å². The minimum Gasteiger partial charge on any atom is -0.381 e. The van der Waals surface area contributed by atoms with E-state index in [-0.39, 0.29) is 23.3 Å². The van der Waals surface area contributed by atoms with Crippen molar-refractivity contribution in [2.45, 2.75) is 31.4 Å². The quantitative estimate of drug-likeness (QED) is 0.246. The van der Waals surface area contributed by atoms with Crippen molar-refractivity contribution in [3.05, 3.63) is 35.4 Å². The summed E-state index contributed by atoms with van der Waals surface area (Å²) in [6, 6.07) is 3.51. The molecule has 0 aliphatic heterocycles. The average Bonchev–Trinajstić information content (AvgIpc) is 3.49. The van der Waals surface area contributed by atoms with Crippen molar-refractivity contribution in [1.82, 2.24) is 10.8 Å². The Hall–Kier alpha value is -3.47. The normalized spacial score (nSPS) is 19.8. The highest BCUT2D eigenvalue weighted by Crippen LogP contribution is 2.37. The lowest BCUT2D eigenvalue weighted by Crippen LogP contribution is -2.61. The van der Waals surface area contributed by atoms with Crippen LogP contribution in [0.1, 0.15) is 29.3 Å². The predicted octanol–water partition coefficient (Wildman–Crippen LogP) is -0.217. The number of benzene rings is 1. The van der Waals surface area contributed by atoms with Gasteiger partial charge in [-0.05, 0) is 49.5 Å². The van der Waals surface area contributed by atoms with Crippen molar-refractivity contribution in [3.8, 4) is 23.7 Å². The maximum absolute atomic E-state index is 13.0. The number of carbonyl (C=O) groups is 3. The number of nitrogens with two attached hydrogens (primary N) is 1. The molecule has 1 saturated carbocycles. The van der Waals surface area contributed by atoms with Crippen molar-refractivity contribution in [3.63, 3.8) is 0 Å². The summed E-state index contributed by atoms with van der Waals surface area (Å²) in [5, 5.41) is 20.5. The van der Waals surface area contributed by atoms with E-state index < -0.39 is 29.9 Å². The van der Waals surface area contributed by atoms with Crippen LogP contribution < -0.4 is 16.5 Å². The first-order valence-electron chi connectivity index (χ1n) is 8.74. The number of primary amides is 1. The molecule has 1 aromatic carbocycles. The van der Waals surface area contributed by atoms with Crippen LogP contribution in [-0.4, -0.2) is 46.1 Å². The van der Waals surface area contributed by atoms with Gasteiger partial charge < -0.3 is 16.2 Å². The zero-order chi connectivity index (χ0) is 22.5. The van der Waals surface area contributed by atoms with Gasteiger partial charge in [0.15, 0.2) is 5.60 Å². The molecule has 1 aliphatic carbocycles. The Morgan fingerprint density at radius 2 is 1.87 bits per heavy atom. The first-order valence-corrected chi connectivity index (χ1v) is 8.74. The number of hydroxylamine groups is 1. The molecule has 4 atom stereocenters. The summed E-state index contributed by atoms with van der Waals surface area (Å²) in [7, 11) is 0. The lowest BCUT2D eigenvalue weighted by atomic mass is 9.95. The van der Waals surface area contributed by atoms with Gasteiger partial charge in [0.2, 0.25) is 5.91 Å². The summed E-state index contributed by atoms with van der Waals surface area (Å²) < 4.78 is 26.0. The monoisotopic (exact) mass is 419 g/mol. The van der Waals surface area contributed by atoms with Crippen molar-refractivity contribution in [1.29, 1.82) is 0 Å². The molecule has 1 aliphatic rings. The van der Waals surface area contributed by atoms with Crippen molar-refractivity contribution < 1.29 is 33.5 Å². The number of rotatable bonds is 6. The molecule has 8 nitrogen and oxygen atoms in total. The zero-order valence-corrected chi connectivity index (χ0v) is 15.8. The summed E-state index contributed by atoms with van der Waals surface area (Å²) in [5.41, 5.74) is 3.89. The molecular weight excluding hydrogens is 400 g/mol. The maximum atomic E-state index is 13.0. The van der Waals surface area contributed by atoms with Crippen molar-refractivity contribution >= 4 is 17.7 Å². The summed E-state index contributed by atoms with van der Waals surface area (Å²) in [4.78, 5) is 34.8. The Morgan fingerprint density at radius 3 is 2.37 bits per heavy atom. The number of carbonyl (C=O) groups excluding carboxylic acids is 3. The van der Waals surface area contributed by atoms with Gasteiger partial charge >= 0.3 is 0 Å². The van der Waals surface area contributed by atoms with E-state index in [0.717, 1.165) is 5.48 Å². The maximum Gasteiger partial charge on any atom is 0.269 e. The Kier molecular flexibility index (Phi) is 7.11. The summed E-state index contributed by atoms with van der Waals surface area (Å²) in [6.45, 7) is 0.658. The third kappa shape index (κ3) is 5.54. The number of halogens is 2. The van der Waals surface area contributed by atoms with E-state index in [9.17, 15) is 28.3 Å². The van der Waals surface area contributed by atoms with E-state index in [1.54, 1.807) is 0 Å². The fraction of sp³-hybridized carbons (Fsp3) is 0.350. The molecule has 1 fully saturated rings. The molecule has 30 heavy (non-hydrogen) atoms. The second-order valence-corrected chi connectivity index (χ2v) is 6.86. The minimum atomic E-state index is -3.37. The molecule has 3 amide bonds.